The number of halogens is 1. The van der Waals surface area contributed by atoms with Crippen molar-refractivity contribution in [2.75, 3.05) is 11.9 Å². The molecule has 1 N–H and O–H groups in total. The number of hydrogen-bond acceptors (Lipinski definition) is 3. The molecular weight excluding hydrogens is 326 g/mol. The van der Waals surface area contributed by atoms with Gasteiger partial charge in [0.1, 0.15) is 0 Å². The van der Waals surface area contributed by atoms with Gasteiger partial charge in [-0.2, -0.15) is 0 Å². The summed E-state index contributed by atoms with van der Waals surface area (Å²) < 4.78 is 1.12. The number of nitrogens with one attached hydrogen (secondary N) is 1. The molecule has 1 heterocycles. The van der Waals surface area contributed by atoms with Gasteiger partial charge in [-0.1, -0.05) is 28.1 Å². The third kappa shape index (κ3) is 4.29. The fourth-order valence-electron chi connectivity index (χ4n) is 2.34. The number of pyridine rings is 1. The second-order valence-electron chi connectivity index (χ2n) is 5.65. The standard InChI is InChI=1S/C17H20BrN3/c1-21(12-13-3-2-4-14(18)9-13)17-7-8-19-16(10-17)11-20-15-5-6-15/h2-4,7-10,15,20H,5-6,11-12H2,1H3. The van der Waals surface area contributed by atoms with Gasteiger partial charge in [0.15, 0.2) is 0 Å². The molecule has 0 bridgehead atoms. The van der Waals surface area contributed by atoms with Crippen LogP contribution >= 0.6 is 15.9 Å². The summed E-state index contributed by atoms with van der Waals surface area (Å²) >= 11 is 3.52. The molecule has 0 unspecified atom stereocenters. The van der Waals surface area contributed by atoms with E-state index in [-0.39, 0.29) is 0 Å². The Balaban J connectivity index is 1.65. The lowest BCUT2D eigenvalue weighted by Gasteiger charge is -2.20. The molecule has 1 aromatic carbocycles. The third-order valence-electron chi connectivity index (χ3n) is 3.70. The topological polar surface area (TPSA) is 28.2 Å². The Kier molecular flexibility index (Phi) is 4.56. The molecule has 21 heavy (non-hydrogen) atoms. The van der Waals surface area contributed by atoms with Crippen LogP contribution in [0.3, 0.4) is 0 Å². The molecule has 0 atom stereocenters. The van der Waals surface area contributed by atoms with Crippen molar-refractivity contribution in [3.8, 4) is 0 Å². The van der Waals surface area contributed by atoms with Crippen LogP contribution in [0.4, 0.5) is 5.69 Å². The molecule has 0 aliphatic heterocycles. The van der Waals surface area contributed by atoms with E-state index in [1.807, 2.05) is 6.20 Å². The lowest BCUT2D eigenvalue weighted by atomic mass is 10.2. The third-order valence-corrected chi connectivity index (χ3v) is 4.19. The summed E-state index contributed by atoms with van der Waals surface area (Å²) in [6.45, 7) is 1.75. The molecule has 1 aliphatic carbocycles. The molecule has 0 saturated heterocycles. The molecule has 4 heteroatoms. The summed E-state index contributed by atoms with van der Waals surface area (Å²) in [5.41, 5.74) is 3.61. The van der Waals surface area contributed by atoms with E-state index in [0.29, 0.717) is 0 Å². The highest BCUT2D eigenvalue weighted by Crippen LogP contribution is 2.21. The van der Waals surface area contributed by atoms with Crippen molar-refractivity contribution in [1.82, 2.24) is 10.3 Å². The van der Waals surface area contributed by atoms with Crippen LogP contribution in [0.25, 0.3) is 0 Å². The van der Waals surface area contributed by atoms with Crippen molar-refractivity contribution >= 4 is 21.6 Å². The maximum absolute atomic E-state index is 4.45. The average molecular weight is 346 g/mol. The van der Waals surface area contributed by atoms with Crippen LogP contribution in [-0.2, 0) is 13.1 Å². The van der Waals surface area contributed by atoms with Gasteiger partial charge < -0.3 is 10.2 Å². The molecule has 3 rings (SSSR count). The van der Waals surface area contributed by atoms with E-state index in [2.05, 4.69) is 74.6 Å². The second kappa shape index (κ2) is 6.58. The number of anilines is 1. The van der Waals surface area contributed by atoms with Crippen LogP contribution in [0.2, 0.25) is 0 Å². The minimum atomic E-state index is 0.717. The van der Waals surface area contributed by atoms with Crippen LogP contribution in [0.5, 0.6) is 0 Å². The van der Waals surface area contributed by atoms with Crippen molar-refractivity contribution in [2.24, 2.45) is 0 Å². The Labute approximate surface area is 134 Å². The van der Waals surface area contributed by atoms with Crippen LogP contribution in [0.15, 0.2) is 47.1 Å². The van der Waals surface area contributed by atoms with Gasteiger partial charge in [-0.25, -0.2) is 0 Å². The largest absolute Gasteiger partial charge is 0.370 e. The maximum atomic E-state index is 4.45. The van der Waals surface area contributed by atoms with E-state index in [1.54, 1.807) is 0 Å². The van der Waals surface area contributed by atoms with E-state index in [1.165, 1.54) is 24.1 Å². The summed E-state index contributed by atoms with van der Waals surface area (Å²) in [7, 11) is 2.12. The van der Waals surface area contributed by atoms with Gasteiger partial charge in [0.25, 0.3) is 0 Å². The van der Waals surface area contributed by atoms with Gasteiger partial charge in [0, 0.05) is 42.5 Å². The highest BCUT2D eigenvalue weighted by Gasteiger charge is 2.20. The van der Waals surface area contributed by atoms with E-state index < -0.39 is 0 Å². The average Bonchev–Trinajstić information content (AvgIpc) is 3.30. The zero-order valence-electron chi connectivity index (χ0n) is 12.2. The Hall–Kier alpha value is -1.39. The van der Waals surface area contributed by atoms with Crippen molar-refractivity contribution < 1.29 is 0 Å². The Morgan fingerprint density at radius 2 is 2.14 bits per heavy atom. The Morgan fingerprint density at radius 3 is 2.90 bits per heavy atom. The van der Waals surface area contributed by atoms with E-state index in [0.717, 1.165) is 29.3 Å². The van der Waals surface area contributed by atoms with Crippen molar-refractivity contribution in [1.29, 1.82) is 0 Å². The minimum absolute atomic E-state index is 0.717. The summed E-state index contributed by atoms with van der Waals surface area (Å²) in [6, 6.07) is 13.4. The van der Waals surface area contributed by atoms with Gasteiger partial charge in [0.2, 0.25) is 0 Å². The molecule has 3 nitrogen and oxygen atoms in total. The maximum Gasteiger partial charge on any atom is 0.0562 e. The highest BCUT2D eigenvalue weighted by molar-refractivity contribution is 9.10. The number of hydrogen-bond donors (Lipinski definition) is 1. The van der Waals surface area contributed by atoms with Crippen LogP contribution in [-0.4, -0.2) is 18.1 Å². The first-order valence-electron chi connectivity index (χ1n) is 7.34. The molecule has 2 aromatic rings. The molecule has 0 spiro atoms. The predicted octanol–water partition coefficient (Wildman–Crippen LogP) is 3.73. The molecule has 0 amide bonds. The summed E-state index contributed by atoms with van der Waals surface area (Å²) in [5.74, 6) is 0. The normalized spacial score (nSPS) is 14.2. The molecule has 0 radical (unpaired) electrons. The fourth-order valence-corrected chi connectivity index (χ4v) is 2.78. The van der Waals surface area contributed by atoms with Crippen LogP contribution < -0.4 is 10.2 Å². The first-order chi connectivity index (χ1) is 10.2. The van der Waals surface area contributed by atoms with Gasteiger partial charge in [0.05, 0.1) is 5.69 Å². The Morgan fingerprint density at radius 1 is 1.29 bits per heavy atom. The lowest BCUT2D eigenvalue weighted by molar-refractivity contribution is 0.674. The van der Waals surface area contributed by atoms with Crippen LogP contribution in [0.1, 0.15) is 24.1 Å². The summed E-state index contributed by atoms with van der Waals surface area (Å²) in [4.78, 5) is 6.70. The van der Waals surface area contributed by atoms with E-state index in [4.69, 9.17) is 0 Å². The number of rotatable bonds is 6. The molecule has 1 fully saturated rings. The van der Waals surface area contributed by atoms with Gasteiger partial charge in [-0.05, 0) is 42.7 Å². The van der Waals surface area contributed by atoms with Gasteiger partial charge in [-0.15, -0.1) is 0 Å². The minimum Gasteiger partial charge on any atom is -0.370 e. The van der Waals surface area contributed by atoms with Crippen molar-refractivity contribution in [3.63, 3.8) is 0 Å². The molecule has 1 aliphatic rings. The smallest absolute Gasteiger partial charge is 0.0562 e. The van der Waals surface area contributed by atoms with E-state index in [9.17, 15) is 0 Å². The van der Waals surface area contributed by atoms with Gasteiger partial charge >= 0.3 is 0 Å². The monoisotopic (exact) mass is 345 g/mol. The van der Waals surface area contributed by atoms with E-state index >= 15 is 0 Å². The highest BCUT2D eigenvalue weighted by atomic mass is 79.9. The molecule has 1 saturated carbocycles. The second-order valence-corrected chi connectivity index (χ2v) is 6.56. The molecule has 110 valence electrons. The predicted molar refractivity (Wildman–Crippen MR) is 90.3 cm³/mol. The van der Waals surface area contributed by atoms with Crippen molar-refractivity contribution in [2.45, 2.75) is 32.0 Å². The van der Waals surface area contributed by atoms with Gasteiger partial charge in [-0.3, -0.25) is 4.98 Å². The van der Waals surface area contributed by atoms with Crippen LogP contribution in [0, 0.1) is 0 Å². The summed E-state index contributed by atoms with van der Waals surface area (Å²) in [5, 5.41) is 3.51. The van der Waals surface area contributed by atoms with Crippen molar-refractivity contribution in [3.05, 3.63) is 58.3 Å². The lowest BCUT2D eigenvalue weighted by Crippen LogP contribution is -2.19. The molecular formula is C17H20BrN3. The zero-order chi connectivity index (χ0) is 14.7. The number of aromatic nitrogens is 1. The quantitative estimate of drug-likeness (QED) is 0.864. The first kappa shape index (κ1) is 14.5. The Bertz CT molecular complexity index is 610. The summed E-state index contributed by atoms with van der Waals surface area (Å²) in [6.07, 6.45) is 4.52. The molecule has 1 aromatic heterocycles. The zero-order valence-corrected chi connectivity index (χ0v) is 13.8. The number of nitrogens with zero attached hydrogens (tertiary/aromatic N) is 2. The SMILES string of the molecule is CN(Cc1cccc(Br)c1)c1ccnc(CNC2CC2)c1. The fraction of sp³-hybridized carbons (Fsp3) is 0.353. The first-order valence-corrected chi connectivity index (χ1v) is 8.14. The number of benzene rings is 1.